The number of thiol groups is 1. The Balaban J connectivity index is 4.26. The van der Waals surface area contributed by atoms with Crippen LogP contribution in [0.25, 0.3) is 0 Å². The van der Waals surface area contributed by atoms with E-state index in [-0.39, 0.29) is 11.3 Å². The van der Waals surface area contributed by atoms with Crippen molar-refractivity contribution in [1.29, 1.82) is 0 Å². The maximum Gasteiger partial charge on any atom is 0.00547 e. The first-order valence-electron chi connectivity index (χ1n) is 5.52. The summed E-state index contributed by atoms with van der Waals surface area (Å²) in [4.78, 5) is 0. The first kappa shape index (κ1) is 13.3. The van der Waals surface area contributed by atoms with Crippen LogP contribution in [0.5, 0.6) is 0 Å². The van der Waals surface area contributed by atoms with E-state index in [4.69, 9.17) is 0 Å². The molecule has 0 aliphatic rings. The van der Waals surface area contributed by atoms with Gasteiger partial charge in [0, 0.05) is 26.2 Å². The molecule has 0 aromatic heterocycles. The topological polar surface area (TPSA) is 6.48 Å². The van der Waals surface area contributed by atoms with Crippen molar-refractivity contribution in [2.45, 2.75) is 34.6 Å². The summed E-state index contributed by atoms with van der Waals surface area (Å²) in [5, 5.41) is 0. The van der Waals surface area contributed by atoms with Gasteiger partial charge in [-0.1, -0.05) is 34.6 Å². The van der Waals surface area contributed by atoms with Gasteiger partial charge in [-0.25, -0.2) is 0 Å². The minimum Gasteiger partial charge on any atom is -0.259 e. The third kappa shape index (κ3) is 3.88. The second kappa shape index (κ2) is 7.65. The van der Waals surface area contributed by atoms with Crippen LogP contribution in [0, 0.1) is 0 Å². The molecule has 0 N–H and O–H groups in total. The SMILES string of the molecule is CCN(CC)[SH](CC)N(CC)CC. The van der Waals surface area contributed by atoms with Crippen LogP contribution in [0.3, 0.4) is 0 Å². The Morgan fingerprint density at radius 3 is 1.15 bits per heavy atom. The first-order chi connectivity index (χ1) is 6.24. The monoisotopic (exact) mass is 206 g/mol. The Kier molecular flexibility index (Phi) is 7.81. The molecule has 0 aliphatic heterocycles. The molecule has 82 valence electrons. The van der Waals surface area contributed by atoms with Crippen LogP contribution >= 0.6 is 11.3 Å². The normalized spacial score (nSPS) is 12.7. The summed E-state index contributed by atoms with van der Waals surface area (Å²) < 4.78 is 5.20. The largest absolute Gasteiger partial charge is 0.259 e. The van der Waals surface area contributed by atoms with Gasteiger partial charge in [0.15, 0.2) is 0 Å². The van der Waals surface area contributed by atoms with E-state index in [0.717, 1.165) is 0 Å². The van der Waals surface area contributed by atoms with Crippen LogP contribution < -0.4 is 0 Å². The number of rotatable bonds is 7. The van der Waals surface area contributed by atoms with Crippen molar-refractivity contribution >= 4 is 11.3 Å². The zero-order chi connectivity index (χ0) is 10.3. The molecule has 13 heavy (non-hydrogen) atoms. The molecule has 0 spiro atoms. The minimum absolute atomic E-state index is 0.0190. The molecule has 0 bridgehead atoms. The fourth-order valence-electron chi connectivity index (χ4n) is 1.68. The molecule has 0 aliphatic carbocycles. The van der Waals surface area contributed by atoms with Crippen molar-refractivity contribution in [1.82, 2.24) is 8.61 Å². The molecule has 0 amide bonds. The van der Waals surface area contributed by atoms with Gasteiger partial charge in [0.05, 0.1) is 0 Å². The highest BCUT2D eigenvalue weighted by atomic mass is 32.2. The van der Waals surface area contributed by atoms with Crippen molar-refractivity contribution < 1.29 is 0 Å². The molecule has 0 saturated carbocycles. The summed E-state index contributed by atoms with van der Waals surface area (Å²) in [6, 6.07) is 0. The van der Waals surface area contributed by atoms with Gasteiger partial charge in [-0.3, -0.25) is 8.61 Å². The molecular formula is C10H26N2S. The first-order valence-corrected chi connectivity index (χ1v) is 6.95. The lowest BCUT2D eigenvalue weighted by Gasteiger charge is -2.40. The van der Waals surface area contributed by atoms with E-state index in [0.29, 0.717) is 0 Å². The van der Waals surface area contributed by atoms with Crippen molar-refractivity contribution in [2.24, 2.45) is 0 Å². The second-order valence-corrected chi connectivity index (χ2v) is 5.47. The summed E-state index contributed by atoms with van der Waals surface area (Å²) in [7, 11) is 0. The fraction of sp³-hybridized carbons (Fsp3) is 1.00. The Hall–Kier alpha value is 0.270. The van der Waals surface area contributed by atoms with Gasteiger partial charge >= 0.3 is 0 Å². The van der Waals surface area contributed by atoms with Gasteiger partial charge in [-0.2, -0.15) is 0 Å². The average molecular weight is 206 g/mol. The van der Waals surface area contributed by atoms with Gasteiger partial charge in [0.1, 0.15) is 0 Å². The summed E-state index contributed by atoms with van der Waals surface area (Å²) in [6.45, 7) is 16.1. The molecule has 2 nitrogen and oxygen atoms in total. The number of hydrogen-bond donors (Lipinski definition) is 1. The molecule has 0 saturated heterocycles. The van der Waals surface area contributed by atoms with E-state index in [1.54, 1.807) is 0 Å². The zero-order valence-corrected chi connectivity index (χ0v) is 10.8. The van der Waals surface area contributed by atoms with Crippen LogP contribution in [-0.4, -0.2) is 40.5 Å². The third-order valence-corrected chi connectivity index (χ3v) is 5.40. The van der Waals surface area contributed by atoms with E-state index in [1.165, 1.54) is 31.9 Å². The Labute approximate surface area is 86.9 Å². The van der Waals surface area contributed by atoms with Crippen LogP contribution in [0.4, 0.5) is 0 Å². The summed E-state index contributed by atoms with van der Waals surface area (Å²) in [5.41, 5.74) is 0. The molecule has 0 atom stereocenters. The van der Waals surface area contributed by atoms with Gasteiger partial charge in [0.2, 0.25) is 0 Å². The van der Waals surface area contributed by atoms with Crippen molar-refractivity contribution in [3.63, 3.8) is 0 Å². The molecule has 0 heterocycles. The molecule has 0 aromatic rings. The lowest BCUT2D eigenvalue weighted by Crippen LogP contribution is -2.32. The standard InChI is InChI=1S/C10H26N2S/c1-6-11(7-2)13(10-5)12(8-3)9-4/h13H,6-10H2,1-5H3. The maximum absolute atomic E-state index is 2.60. The number of nitrogens with zero attached hydrogens (tertiary/aromatic N) is 2. The fourth-order valence-corrected chi connectivity index (χ4v) is 4.14. The highest BCUT2D eigenvalue weighted by Crippen LogP contribution is 2.33. The summed E-state index contributed by atoms with van der Waals surface area (Å²) >= 11 is -0.0190. The van der Waals surface area contributed by atoms with E-state index >= 15 is 0 Å². The molecule has 3 heteroatoms. The van der Waals surface area contributed by atoms with Crippen molar-refractivity contribution in [2.75, 3.05) is 31.9 Å². The predicted molar refractivity (Wildman–Crippen MR) is 65.4 cm³/mol. The molecule has 0 unspecified atom stereocenters. The average Bonchev–Trinajstić information content (AvgIpc) is 2.18. The van der Waals surface area contributed by atoms with Crippen molar-refractivity contribution in [3.8, 4) is 0 Å². The number of hydrogen-bond acceptors (Lipinski definition) is 2. The van der Waals surface area contributed by atoms with E-state index < -0.39 is 0 Å². The van der Waals surface area contributed by atoms with Gasteiger partial charge in [-0.15, -0.1) is 11.3 Å². The van der Waals surface area contributed by atoms with Gasteiger partial charge in [-0.05, 0) is 5.75 Å². The quantitative estimate of drug-likeness (QED) is 0.640. The summed E-state index contributed by atoms with van der Waals surface area (Å²) in [6.07, 6.45) is 0. The summed E-state index contributed by atoms with van der Waals surface area (Å²) in [5.74, 6) is 1.29. The molecular weight excluding hydrogens is 180 g/mol. The third-order valence-electron chi connectivity index (χ3n) is 2.40. The molecule has 0 rings (SSSR count). The van der Waals surface area contributed by atoms with E-state index in [2.05, 4.69) is 43.2 Å². The highest BCUT2D eigenvalue weighted by molar-refractivity contribution is 8.12. The maximum atomic E-state index is 2.60. The molecule has 0 radical (unpaired) electrons. The van der Waals surface area contributed by atoms with Gasteiger partial charge < -0.3 is 0 Å². The van der Waals surface area contributed by atoms with Crippen LogP contribution in [0.1, 0.15) is 34.6 Å². The second-order valence-electron chi connectivity index (χ2n) is 2.97. The smallest absolute Gasteiger partial charge is 0.00547 e. The van der Waals surface area contributed by atoms with Crippen molar-refractivity contribution in [3.05, 3.63) is 0 Å². The molecule has 0 fully saturated rings. The predicted octanol–water partition coefficient (Wildman–Crippen LogP) is 2.52. The zero-order valence-electron chi connectivity index (χ0n) is 9.88. The lowest BCUT2D eigenvalue weighted by molar-refractivity contribution is 0.442. The lowest BCUT2D eigenvalue weighted by atomic mass is 10.7. The van der Waals surface area contributed by atoms with E-state index in [9.17, 15) is 0 Å². The highest BCUT2D eigenvalue weighted by Gasteiger charge is 2.14. The van der Waals surface area contributed by atoms with Crippen LogP contribution in [-0.2, 0) is 0 Å². The van der Waals surface area contributed by atoms with Crippen LogP contribution in [0.2, 0.25) is 0 Å². The Morgan fingerprint density at radius 1 is 0.692 bits per heavy atom. The minimum atomic E-state index is -0.0190. The van der Waals surface area contributed by atoms with Crippen LogP contribution in [0.15, 0.2) is 0 Å². The Morgan fingerprint density at radius 2 is 1.00 bits per heavy atom. The Bertz CT molecular complexity index is 99.5. The molecule has 0 aromatic carbocycles. The van der Waals surface area contributed by atoms with Gasteiger partial charge in [0.25, 0.3) is 0 Å². The van der Waals surface area contributed by atoms with E-state index in [1.807, 2.05) is 0 Å².